The van der Waals surface area contributed by atoms with Crippen LogP contribution in [0.15, 0.2) is 18.3 Å². The maximum Gasteiger partial charge on any atom is 0.144 e. The minimum Gasteiger partial charge on any atom is -0.383 e. The molecule has 1 atom stereocenters. The van der Waals surface area contributed by atoms with Gasteiger partial charge in [0.15, 0.2) is 0 Å². The lowest BCUT2D eigenvalue weighted by Crippen LogP contribution is -2.19. The highest BCUT2D eigenvalue weighted by molar-refractivity contribution is 6.32. The summed E-state index contributed by atoms with van der Waals surface area (Å²) in [6.07, 6.45) is 1.67. The average Bonchev–Trinajstić information content (AvgIpc) is 2.17. The molecule has 0 saturated carbocycles. The molecule has 0 spiro atoms. The summed E-state index contributed by atoms with van der Waals surface area (Å²) in [5.74, 6) is 0.649. The van der Waals surface area contributed by atoms with Gasteiger partial charge in [-0.1, -0.05) is 11.6 Å². The van der Waals surface area contributed by atoms with Crippen molar-refractivity contribution in [2.75, 3.05) is 25.6 Å². The normalized spacial score (nSPS) is 12.5. The van der Waals surface area contributed by atoms with E-state index in [1.54, 1.807) is 25.4 Å². The van der Waals surface area contributed by atoms with Crippen molar-refractivity contribution < 1.29 is 4.74 Å². The highest BCUT2D eigenvalue weighted by atomic mass is 35.5. The van der Waals surface area contributed by atoms with Gasteiger partial charge in [0.1, 0.15) is 5.82 Å². The third-order valence-electron chi connectivity index (χ3n) is 1.60. The number of halogens is 2. The van der Waals surface area contributed by atoms with Crippen LogP contribution in [0.5, 0.6) is 0 Å². The minimum atomic E-state index is -0.0851. The second-order valence-electron chi connectivity index (χ2n) is 2.77. The molecule has 14 heavy (non-hydrogen) atoms. The van der Waals surface area contributed by atoms with E-state index in [-0.39, 0.29) is 5.38 Å². The number of hydrogen-bond acceptors (Lipinski definition) is 3. The van der Waals surface area contributed by atoms with Crippen LogP contribution >= 0.6 is 23.2 Å². The van der Waals surface area contributed by atoms with Crippen LogP contribution in [0, 0.1) is 0 Å². The SMILES string of the molecule is COCC(Cl)CNc1ncccc1Cl. The van der Waals surface area contributed by atoms with Gasteiger partial charge in [0.05, 0.1) is 17.0 Å². The van der Waals surface area contributed by atoms with E-state index in [4.69, 9.17) is 27.9 Å². The van der Waals surface area contributed by atoms with Gasteiger partial charge in [-0.15, -0.1) is 11.6 Å². The zero-order chi connectivity index (χ0) is 10.4. The number of nitrogens with one attached hydrogen (secondary N) is 1. The number of pyridine rings is 1. The van der Waals surface area contributed by atoms with Crippen molar-refractivity contribution in [3.05, 3.63) is 23.4 Å². The minimum absolute atomic E-state index is 0.0851. The van der Waals surface area contributed by atoms with Crippen LogP contribution in [0.1, 0.15) is 0 Å². The molecule has 0 bridgehead atoms. The predicted molar refractivity (Wildman–Crippen MR) is 59.3 cm³/mol. The number of nitrogens with zero attached hydrogens (tertiary/aromatic N) is 1. The Hall–Kier alpha value is -0.510. The number of hydrogen-bond donors (Lipinski definition) is 1. The second kappa shape index (κ2) is 6.06. The maximum atomic E-state index is 5.92. The molecule has 1 heterocycles. The van der Waals surface area contributed by atoms with Crippen molar-refractivity contribution in [2.24, 2.45) is 0 Å². The summed E-state index contributed by atoms with van der Waals surface area (Å²) in [6.45, 7) is 1.07. The zero-order valence-electron chi connectivity index (χ0n) is 7.84. The Morgan fingerprint density at radius 3 is 3.07 bits per heavy atom. The van der Waals surface area contributed by atoms with Gasteiger partial charge in [0.2, 0.25) is 0 Å². The van der Waals surface area contributed by atoms with Gasteiger partial charge in [-0.3, -0.25) is 0 Å². The molecule has 1 aromatic rings. The lowest BCUT2D eigenvalue weighted by Gasteiger charge is -2.10. The number of anilines is 1. The fourth-order valence-corrected chi connectivity index (χ4v) is 1.35. The lowest BCUT2D eigenvalue weighted by molar-refractivity contribution is 0.200. The van der Waals surface area contributed by atoms with Gasteiger partial charge in [0.25, 0.3) is 0 Å². The molecule has 0 saturated heterocycles. The molecule has 1 rings (SSSR count). The maximum absolute atomic E-state index is 5.92. The molecule has 0 aliphatic heterocycles. The van der Waals surface area contributed by atoms with Crippen LogP contribution in [-0.2, 0) is 4.74 Å². The molecule has 0 radical (unpaired) electrons. The molecule has 0 aromatic carbocycles. The summed E-state index contributed by atoms with van der Waals surface area (Å²) in [5.41, 5.74) is 0. The summed E-state index contributed by atoms with van der Waals surface area (Å²) in [7, 11) is 1.61. The Kier molecular flexibility index (Phi) is 5.01. The topological polar surface area (TPSA) is 34.1 Å². The fourth-order valence-electron chi connectivity index (χ4n) is 0.963. The summed E-state index contributed by atoms with van der Waals surface area (Å²) in [6, 6.07) is 3.55. The van der Waals surface area contributed by atoms with E-state index in [9.17, 15) is 0 Å². The average molecular weight is 235 g/mol. The van der Waals surface area contributed by atoms with Gasteiger partial charge in [-0.05, 0) is 12.1 Å². The molecule has 0 aliphatic rings. The quantitative estimate of drug-likeness (QED) is 0.795. The van der Waals surface area contributed by atoms with Gasteiger partial charge in [0, 0.05) is 19.9 Å². The molecular formula is C9H12Cl2N2O. The molecule has 0 amide bonds. The number of aromatic nitrogens is 1. The first-order valence-electron chi connectivity index (χ1n) is 4.21. The van der Waals surface area contributed by atoms with E-state index in [1.807, 2.05) is 0 Å². The van der Waals surface area contributed by atoms with Crippen LogP contribution in [0.25, 0.3) is 0 Å². The second-order valence-corrected chi connectivity index (χ2v) is 3.79. The lowest BCUT2D eigenvalue weighted by atomic mass is 10.4. The molecule has 78 valence electrons. The Balaban J connectivity index is 2.41. The number of rotatable bonds is 5. The van der Waals surface area contributed by atoms with Crippen molar-refractivity contribution in [2.45, 2.75) is 5.38 Å². The van der Waals surface area contributed by atoms with Gasteiger partial charge >= 0.3 is 0 Å². The molecule has 5 heteroatoms. The highest BCUT2D eigenvalue weighted by Crippen LogP contribution is 2.17. The highest BCUT2D eigenvalue weighted by Gasteiger charge is 2.05. The summed E-state index contributed by atoms with van der Waals surface area (Å²) >= 11 is 11.8. The van der Waals surface area contributed by atoms with E-state index >= 15 is 0 Å². The van der Waals surface area contributed by atoms with Gasteiger partial charge in [-0.2, -0.15) is 0 Å². The zero-order valence-corrected chi connectivity index (χ0v) is 9.35. The van der Waals surface area contributed by atoms with Crippen LogP contribution in [0.2, 0.25) is 5.02 Å². The largest absolute Gasteiger partial charge is 0.383 e. The summed E-state index contributed by atoms with van der Waals surface area (Å²) in [5, 5.41) is 3.55. The predicted octanol–water partition coefficient (Wildman–Crippen LogP) is 2.40. The van der Waals surface area contributed by atoms with Crippen LogP contribution in [0.3, 0.4) is 0 Å². The molecule has 1 N–H and O–H groups in total. The van der Waals surface area contributed by atoms with Crippen molar-refractivity contribution in [1.29, 1.82) is 0 Å². The number of ether oxygens (including phenoxy) is 1. The molecule has 1 unspecified atom stereocenters. The van der Waals surface area contributed by atoms with Gasteiger partial charge < -0.3 is 10.1 Å². The number of alkyl halides is 1. The molecule has 1 aromatic heterocycles. The Labute approximate surface area is 93.4 Å². The molecule has 0 aliphatic carbocycles. The van der Waals surface area contributed by atoms with Crippen molar-refractivity contribution in [3.8, 4) is 0 Å². The number of methoxy groups -OCH3 is 1. The molecule has 3 nitrogen and oxygen atoms in total. The van der Waals surface area contributed by atoms with E-state index in [2.05, 4.69) is 10.3 Å². The van der Waals surface area contributed by atoms with E-state index < -0.39 is 0 Å². The smallest absolute Gasteiger partial charge is 0.144 e. The summed E-state index contributed by atoms with van der Waals surface area (Å²) in [4.78, 5) is 4.07. The van der Waals surface area contributed by atoms with Crippen LogP contribution < -0.4 is 5.32 Å². The Morgan fingerprint density at radius 2 is 2.43 bits per heavy atom. The van der Waals surface area contributed by atoms with Crippen molar-refractivity contribution in [3.63, 3.8) is 0 Å². The first kappa shape index (κ1) is 11.6. The monoisotopic (exact) mass is 234 g/mol. The Bertz CT molecular complexity index is 283. The molecule has 0 fully saturated rings. The Morgan fingerprint density at radius 1 is 1.64 bits per heavy atom. The third-order valence-corrected chi connectivity index (χ3v) is 2.18. The summed E-state index contributed by atoms with van der Waals surface area (Å²) < 4.78 is 4.90. The van der Waals surface area contributed by atoms with Crippen molar-refractivity contribution in [1.82, 2.24) is 4.98 Å². The van der Waals surface area contributed by atoms with E-state index in [0.717, 1.165) is 0 Å². The first-order valence-corrected chi connectivity index (χ1v) is 5.03. The fraction of sp³-hybridized carbons (Fsp3) is 0.444. The molecular weight excluding hydrogens is 223 g/mol. The van der Waals surface area contributed by atoms with Gasteiger partial charge in [-0.25, -0.2) is 4.98 Å². The first-order chi connectivity index (χ1) is 6.74. The van der Waals surface area contributed by atoms with Crippen molar-refractivity contribution >= 4 is 29.0 Å². The van der Waals surface area contributed by atoms with Crippen LogP contribution in [0.4, 0.5) is 5.82 Å². The standard InChI is InChI=1S/C9H12Cl2N2O/c1-14-6-7(10)5-13-9-8(11)3-2-4-12-9/h2-4,7H,5-6H2,1H3,(H,12,13). The van der Waals surface area contributed by atoms with E-state index in [0.29, 0.717) is 24.0 Å². The van der Waals surface area contributed by atoms with E-state index in [1.165, 1.54) is 0 Å². The third kappa shape index (κ3) is 3.70. The van der Waals surface area contributed by atoms with Crippen LogP contribution in [-0.4, -0.2) is 30.6 Å².